The normalized spacial score (nSPS) is 25.6. The zero-order valence-corrected chi connectivity index (χ0v) is 10.5. The van der Waals surface area contributed by atoms with Crippen LogP contribution in [0.1, 0.15) is 5.56 Å². The molecular weight excluding hydrogens is 273 g/mol. The molecule has 2 unspecified atom stereocenters. The Balaban J connectivity index is 1.84. The SMILES string of the molecule is FCC1CNC(Cc2ccc(Br)cc2)CO1. The lowest BCUT2D eigenvalue weighted by molar-refractivity contribution is -0.00818. The van der Waals surface area contributed by atoms with Gasteiger partial charge >= 0.3 is 0 Å². The van der Waals surface area contributed by atoms with Crippen LogP contribution in [-0.4, -0.2) is 32.0 Å². The van der Waals surface area contributed by atoms with E-state index in [0.717, 1.165) is 10.9 Å². The van der Waals surface area contributed by atoms with Crippen LogP contribution in [0, 0.1) is 0 Å². The van der Waals surface area contributed by atoms with Crippen LogP contribution in [0.15, 0.2) is 28.7 Å². The van der Waals surface area contributed by atoms with E-state index in [9.17, 15) is 4.39 Å². The number of benzene rings is 1. The van der Waals surface area contributed by atoms with Crippen molar-refractivity contribution in [2.24, 2.45) is 0 Å². The van der Waals surface area contributed by atoms with E-state index in [-0.39, 0.29) is 6.10 Å². The first-order valence-electron chi connectivity index (χ1n) is 5.43. The maximum atomic E-state index is 12.3. The molecule has 16 heavy (non-hydrogen) atoms. The average Bonchev–Trinajstić information content (AvgIpc) is 2.33. The minimum absolute atomic E-state index is 0.263. The molecule has 2 rings (SSSR count). The van der Waals surface area contributed by atoms with Gasteiger partial charge in [-0.1, -0.05) is 28.1 Å². The lowest BCUT2D eigenvalue weighted by atomic mass is 10.1. The zero-order valence-electron chi connectivity index (χ0n) is 8.96. The molecule has 1 fully saturated rings. The van der Waals surface area contributed by atoms with Crippen LogP contribution in [0.5, 0.6) is 0 Å². The molecule has 1 heterocycles. The minimum atomic E-state index is -0.405. The third-order valence-corrected chi connectivity index (χ3v) is 3.26. The Morgan fingerprint density at radius 2 is 2.12 bits per heavy atom. The maximum absolute atomic E-state index is 12.3. The van der Waals surface area contributed by atoms with Crippen molar-refractivity contribution in [1.29, 1.82) is 0 Å². The summed E-state index contributed by atoms with van der Waals surface area (Å²) in [5.41, 5.74) is 1.27. The summed E-state index contributed by atoms with van der Waals surface area (Å²) >= 11 is 3.41. The number of hydrogen-bond acceptors (Lipinski definition) is 2. The summed E-state index contributed by atoms with van der Waals surface area (Å²) in [4.78, 5) is 0. The number of halogens is 2. The van der Waals surface area contributed by atoms with E-state index in [0.29, 0.717) is 19.2 Å². The highest BCUT2D eigenvalue weighted by Crippen LogP contribution is 2.13. The molecule has 0 saturated carbocycles. The number of hydrogen-bond donors (Lipinski definition) is 1. The molecule has 0 bridgehead atoms. The van der Waals surface area contributed by atoms with Gasteiger partial charge in [-0.2, -0.15) is 0 Å². The van der Waals surface area contributed by atoms with E-state index in [2.05, 4.69) is 33.4 Å². The molecule has 1 aromatic carbocycles. The number of alkyl halides is 1. The molecule has 0 aromatic heterocycles. The second-order valence-corrected chi connectivity index (χ2v) is 4.96. The molecule has 1 aliphatic heterocycles. The van der Waals surface area contributed by atoms with Gasteiger partial charge < -0.3 is 10.1 Å². The fraction of sp³-hybridized carbons (Fsp3) is 0.500. The molecule has 1 N–H and O–H groups in total. The Morgan fingerprint density at radius 3 is 2.69 bits per heavy atom. The van der Waals surface area contributed by atoms with Crippen molar-refractivity contribution in [2.75, 3.05) is 19.8 Å². The van der Waals surface area contributed by atoms with Gasteiger partial charge in [0.1, 0.15) is 6.67 Å². The molecule has 88 valence electrons. The quantitative estimate of drug-likeness (QED) is 0.921. The van der Waals surface area contributed by atoms with Crippen LogP contribution in [0.4, 0.5) is 4.39 Å². The van der Waals surface area contributed by atoms with Crippen LogP contribution >= 0.6 is 15.9 Å². The van der Waals surface area contributed by atoms with E-state index in [1.54, 1.807) is 0 Å². The molecule has 1 aromatic rings. The summed E-state index contributed by atoms with van der Waals surface area (Å²) in [6, 6.07) is 8.54. The molecule has 0 amide bonds. The van der Waals surface area contributed by atoms with Gasteiger partial charge in [0.25, 0.3) is 0 Å². The first-order valence-corrected chi connectivity index (χ1v) is 6.22. The molecule has 2 atom stereocenters. The van der Waals surface area contributed by atoms with Gasteiger partial charge in [-0.15, -0.1) is 0 Å². The molecular formula is C12H15BrFNO. The second-order valence-electron chi connectivity index (χ2n) is 4.05. The summed E-state index contributed by atoms with van der Waals surface area (Å²) in [5, 5.41) is 3.31. The van der Waals surface area contributed by atoms with Crippen molar-refractivity contribution in [1.82, 2.24) is 5.32 Å². The summed E-state index contributed by atoms with van der Waals surface area (Å²) in [6.07, 6.45) is 0.660. The lowest BCUT2D eigenvalue weighted by Gasteiger charge is -2.29. The van der Waals surface area contributed by atoms with Gasteiger partial charge in [-0.05, 0) is 24.1 Å². The number of morpholine rings is 1. The summed E-state index contributed by atoms with van der Waals surface area (Å²) in [6.45, 7) is 0.792. The molecule has 0 aliphatic carbocycles. The Kier molecular flexibility index (Phi) is 4.32. The van der Waals surface area contributed by atoms with Crippen molar-refractivity contribution in [3.05, 3.63) is 34.3 Å². The van der Waals surface area contributed by atoms with E-state index < -0.39 is 6.67 Å². The summed E-state index contributed by atoms with van der Waals surface area (Å²) in [7, 11) is 0. The first kappa shape index (κ1) is 12.0. The topological polar surface area (TPSA) is 21.3 Å². The van der Waals surface area contributed by atoms with Crippen LogP contribution in [0.3, 0.4) is 0 Å². The molecule has 4 heteroatoms. The standard InChI is InChI=1S/C12H15BrFNO/c13-10-3-1-9(2-4-10)5-11-8-16-12(6-14)7-15-11/h1-4,11-12,15H,5-8H2. The molecule has 0 spiro atoms. The van der Waals surface area contributed by atoms with Crippen molar-refractivity contribution in [2.45, 2.75) is 18.6 Å². The number of ether oxygens (including phenoxy) is 1. The Bertz CT molecular complexity index is 322. The Labute approximate surface area is 103 Å². The maximum Gasteiger partial charge on any atom is 0.117 e. The fourth-order valence-corrected chi connectivity index (χ4v) is 2.07. The molecule has 1 aliphatic rings. The van der Waals surface area contributed by atoms with Crippen LogP contribution in [0.25, 0.3) is 0 Å². The smallest absolute Gasteiger partial charge is 0.117 e. The predicted octanol–water partition coefficient (Wildman–Crippen LogP) is 2.32. The second kappa shape index (κ2) is 5.75. The van der Waals surface area contributed by atoms with Crippen LogP contribution in [-0.2, 0) is 11.2 Å². The van der Waals surface area contributed by atoms with Gasteiger partial charge in [0.15, 0.2) is 0 Å². The van der Waals surface area contributed by atoms with Crippen molar-refractivity contribution in [3.8, 4) is 0 Å². The highest BCUT2D eigenvalue weighted by atomic mass is 79.9. The summed E-state index contributed by atoms with van der Waals surface area (Å²) in [5.74, 6) is 0. The Morgan fingerprint density at radius 1 is 1.38 bits per heavy atom. The predicted molar refractivity (Wildman–Crippen MR) is 65.4 cm³/mol. The van der Waals surface area contributed by atoms with E-state index in [1.165, 1.54) is 5.56 Å². The highest BCUT2D eigenvalue weighted by Gasteiger charge is 2.20. The van der Waals surface area contributed by atoms with Crippen molar-refractivity contribution >= 4 is 15.9 Å². The van der Waals surface area contributed by atoms with E-state index in [4.69, 9.17) is 4.74 Å². The van der Waals surface area contributed by atoms with Gasteiger partial charge in [0, 0.05) is 17.1 Å². The monoisotopic (exact) mass is 287 g/mol. The largest absolute Gasteiger partial charge is 0.373 e. The first-order chi connectivity index (χ1) is 7.78. The third kappa shape index (κ3) is 3.27. The molecule has 1 saturated heterocycles. The van der Waals surface area contributed by atoms with Gasteiger partial charge in [0.2, 0.25) is 0 Å². The van der Waals surface area contributed by atoms with Crippen LogP contribution in [0.2, 0.25) is 0 Å². The Hall–Kier alpha value is -0.450. The third-order valence-electron chi connectivity index (χ3n) is 2.73. The molecule has 0 radical (unpaired) electrons. The minimum Gasteiger partial charge on any atom is -0.373 e. The van der Waals surface area contributed by atoms with Crippen molar-refractivity contribution in [3.63, 3.8) is 0 Å². The summed E-state index contributed by atoms with van der Waals surface area (Å²) < 4.78 is 18.8. The van der Waals surface area contributed by atoms with Gasteiger partial charge in [-0.3, -0.25) is 0 Å². The average molecular weight is 288 g/mol. The fourth-order valence-electron chi connectivity index (χ4n) is 1.80. The lowest BCUT2D eigenvalue weighted by Crippen LogP contribution is -2.48. The van der Waals surface area contributed by atoms with E-state index >= 15 is 0 Å². The number of nitrogens with one attached hydrogen (secondary N) is 1. The highest BCUT2D eigenvalue weighted by molar-refractivity contribution is 9.10. The number of rotatable bonds is 3. The van der Waals surface area contributed by atoms with Gasteiger partial charge in [0.05, 0.1) is 12.7 Å². The van der Waals surface area contributed by atoms with Crippen molar-refractivity contribution < 1.29 is 9.13 Å². The van der Waals surface area contributed by atoms with E-state index in [1.807, 2.05) is 12.1 Å². The molecule has 2 nitrogen and oxygen atoms in total. The zero-order chi connectivity index (χ0) is 11.4. The van der Waals surface area contributed by atoms with Gasteiger partial charge in [-0.25, -0.2) is 4.39 Å². The van der Waals surface area contributed by atoms with Crippen LogP contribution < -0.4 is 5.32 Å².